The van der Waals surface area contributed by atoms with E-state index in [0.717, 1.165) is 51.6 Å². The summed E-state index contributed by atoms with van der Waals surface area (Å²) in [6.07, 6.45) is 5.96. The van der Waals surface area contributed by atoms with Crippen molar-refractivity contribution in [1.29, 1.82) is 0 Å². The summed E-state index contributed by atoms with van der Waals surface area (Å²) in [4.78, 5) is 14.6. The first-order chi connectivity index (χ1) is 8.23. The maximum absolute atomic E-state index is 12.7. The first kappa shape index (κ1) is 12.8. The average Bonchev–Trinajstić information content (AvgIpc) is 2.97. The number of aliphatic hydroxyl groups is 1. The van der Waals surface area contributed by atoms with Gasteiger partial charge in [0.25, 0.3) is 0 Å². The molecule has 2 N–H and O–H groups in total. The number of nitrogens with one attached hydrogen (secondary N) is 1. The van der Waals surface area contributed by atoms with Gasteiger partial charge in [0.2, 0.25) is 5.91 Å². The largest absolute Gasteiger partial charge is 0.394 e. The van der Waals surface area contributed by atoms with Gasteiger partial charge in [0.1, 0.15) is 0 Å². The maximum atomic E-state index is 12.7. The van der Waals surface area contributed by atoms with Crippen LogP contribution in [0.4, 0.5) is 0 Å². The van der Waals surface area contributed by atoms with Gasteiger partial charge in [-0.05, 0) is 38.6 Å². The summed E-state index contributed by atoms with van der Waals surface area (Å²) >= 11 is 0. The third-order valence-corrected chi connectivity index (χ3v) is 4.18. The van der Waals surface area contributed by atoms with E-state index in [4.69, 9.17) is 0 Å². The topological polar surface area (TPSA) is 52.6 Å². The molecular formula is C13H24N2O2. The molecule has 0 radical (unpaired) electrons. The lowest BCUT2D eigenvalue weighted by Gasteiger charge is -2.35. The Morgan fingerprint density at radius 1 is 1.53 bits per heavy atom. The fourth-order valence-electron chi connectivity index (χ4n) is 3.30. The minimum Gasteiger partial charge on any atom is -0.394 e. The van der Waals surface area contributed by atoms with Crippen LogP contribution in [0.2, 0.25) is 0 Å². The second kappa shape index (κ2) is 5.36. The van der Waals surface area contributed by atoms with Gasteiger partial charge in [-0.2, -0.15) is 0 Å². The van der Waals surface area contributed by atoms with E-state index in [1.807, 2.05) is 4.90 Å². The molecule has 2 heterocycles. The molecule has 0 aromatic carbocycles. The molecule has 17 heavy (non-hydrogen) atoms. The van der Waals surface area contributed by atoms with E-state index in [9.17, 15) is 9.90 Å². The van der Waals surface area contributed by atoms with Gasteiger partial charge < -0.3 is 15.3 Å². The third kappa shape index (κ3) is 2.33. The van der Waals surface area contributed by atoms with Crippen LogP contribution >= 0.6 is 0 Å². The van der Waals surface area contributed by atoms with Crippen LogP contribution < -0.4 is 5.32 Å². The summed E-state index contributed by atoms with van der Waals surface area (Å²) < 4.78 is 0. The third-order valence-electron chi connectivity index (χ3n) is 4.18. The molecule has 2 aliphatic rings. The zero-order valence-electron chi connectivity index (χ0n) is 10.7. The lowest BCUT2D eigenvalue weighted by molar-refractivity contribution is -0.139. The Bertz CT molecular complexity index is 275. The standard InChI is InChI=1S/C13H24N2O2/c1-2-6-13(7-4-8-14-13)12(17)15-9-3-5-11(15)10-16/h11,14,16H,2-10H2,1H3. The molecule has 0 aromatic heterocycles. The Balaban J connectivity index is 2.10. The number of likely N-dealkylation sites (tertiary alicyclic amines) is 1. The second-order valence-electron chi connectivity index (χ2n) is 5.34. The predicted molar refractivity (Wildman–Crippen MR) is 66.7 cm³/mol. The fraction of sp³-hybridized carbons (Fsp3) is 0.923. The molecule has 0 aromatic rings. The summed E-state index contributed by atoms with van der Waals surface area (Å²) in [5, 5.41) is 12.7. The molecule has 2 fully saturated rings. The molecule has 2 rings (SSSR count). The van der Waals surface area contributed by atoms with Crippen molar-refractivity contribution in [2.45, 2.75) is 57.0 Å². The normalized spacial score (nSPS) is 33.3. The Kier molecular flexibility index (Phi) is 4.05. The van der Waals surface area contributed by atoms with Gasteiger partial charge in [0.15, 0.2) is 0 Å². The molecule has 2 saturated heterocycles. The molecule has 0 bridgehead atoms. The summed E-state index contributed by atoms with van der Waals surface area (Å²) in [7, 11) is 0. The highest BCUT2D eigenvalue weighted by Crippen LogP contribution is 2.30. The van der Waals surface area contributed by atoms with Gasteiger partial charge in [-0.25, -0.2) is 0 Å². The second-order valence-corrected chi connectivity index (χ2v) is 5.34. The van der Waals surface area contributed by atoms with Crippen LogP contribution in [0.3, 0.4) is 0 Å². The van der Waals surface area contributed by atoms with E-state index in [2.05, 4.69) is 12.2 Å². The van der Waals surface area contributed by atoms with E-state index in [0.29, 0.717) is 0 Å². The van der Waals surface area contributed by atoms with Crippen molar-refractivity contribution in [2.24, 2.45) is 0 Å². The molecule has 2 unspecified atom stereocenters. The highest BCUT2D eigenvalue weighted by atomic mass is 16.3. The van der Waals surface area contributed by atoms with E-state index >= 15 is 0 Å². The van der Waals surface area contributed by atoms with Crippen molar-refractivity contribution in [2.75, 3.05) is 19.7 Å². The fourth-order valence-corrected chi connectivity index (χ4v) is 3.30. The summed E-state index contributed by atoms with van der Waals surface area (Å²) in [5.74, 6) is 0.230. The zero-order chi connectivity index (χ0) is 12.3. The van der Waals surface area contributed by atoms with Crippen LogP contribution in [0.1, 0.15) is 45.4 Å². The van der Waals surface area contributed by atoms with E-state index in [1.165, 1.54) is 0 Å². The molecule has 0 saturated carbocycles. The number of hydrogen-bond donors (Lipinski definition) is 2. The van der Waals surface area contributed by atoms with E-state index in [1.54, 1.807) is 0 Å². The number of hydrogen-bond acceptors (Lipinski definition) is 3. The SMILES string of the molecule is CCCC1(C(=O)N2CCCC2CO)CCCN1. The molecule has 1 amide bonds. The van der Waals surface area contributed by atoms with Crippen molar-refractivity contribution in [3.63, 3.8) is 0 Å². The first-order valence-electron chi connectivity index (χ1n) is 6.90. The highest BCUT2D eigenvalue weighted by molar-refractivity contribution is 5.87. The molecule has 98 valence electrons. The Morgan fingerprint density at radius 2 is 2.35 bits per heavy atom. The monoisotopic (exact) mass is 240 g/mol. The number of amides is 1. The number of carbonyl (C=O) groups excluding carboxylic acids is 1. The molecule has 4 heteroatoms. The highest BCUT2D eigenvalue weighted by Gasteiger charge is 2.44. The van der Waals surface area contributed by atoms with Crippen molar-refractivity contribution in [1.82, 2.24) is 10.2 Å². The Labute approximate surface area is 103 Å². The molecule has 0 aliphatic carbocycles. The summed E-state index contributed by atoms with van der Waals surface area (Å²) in [5.41, 5.74) is -0.327. The van der Waals surface area contributed by atoms with Gasteiger partial charge >= 0.3 is 0 Å². The van der Waals surface area contributed by atoms with Crippen molar-refractivity contribution >= 4 is 5.91 Å². The minimum atomic E-state index is -0.327. The Morgan fingerprint density at radius 3 is 2.94 bits per heavy atom. The zero-order valence-corrected chi connectivity index (χ0v) is 10.7. The average molecular weight is 240 g/mol. The van der Waals surface area contributed by atoms with Crippen LogP contribution in [-0.4, -0.2) is 47.2 Å². The van der Waals surface area contributed by atoms with Crippen LogP contribution in [0.15, 0.2) is 0 Å². The van der Waals surface area contributed by atoms with Gasteiger partial charge in [-0.1, -0.05) is 13.3 Å². The van der Waals surface area contributed by atoms with Crippen LogP contribution in [-0.2, 0) is 4.79 Å². The summed E-state index contributed by atoms with van der Waals surface area (Å²) in [6.45, 7) is 4.00. The molecule has 0 spiro atoms. The smallest absolute Gasteiger partial charge is 0.243 e. The maximum Gasteiger partial charge on any atom is 0.243 e. The van der Waals surface area contributed by atoms with E-state index < -0.39 is 0 Å². The van der Waals surface area contributed by atoms with Crippen LogP contribution in [0.25, 0.3) is 0 Å². The molecule has 2 atom stereocenters. The van der Waals surface area contributed by atoms with Crippen LogP contribution in [0.5, 0.6) is 0 Å². The molecule has 4 nitrogen and oxygen atoms in total. The lowest BCUT2D eigenvalue weighted by atomic mass is 9.90. The van der Waals surface area contributed by atoms with Crippen LogP contribution in [0, 0.1) is 0 Å². The first-order valence-corrected chi connectivity index (χ1v) is 6.90. The van der Waals surface area contributed by atoms with Crippen molar-refractivity contribution in [3.05, 3.63) is 0 Å². The predicted octanol–water partition coefficient (Wildman–Crippen LogP) is 0.892. The van der Waals surface area contributed by atoms with Gasteiger partial charge in [0.05, 0.1) is 18.2 Å². The quantitative estimate of drug-likeness (QED) is 0.767. The minimum absolute atomic E-state index is 0.0543. The summed E-state index contributed by atoms with van der Waals surface area (Å²) in [6, 6.07) is 0.0543. The number of rotatable bonds is 4. The van der Waals surface area contributed by atoms with Crippen molar-refractivity contribution < 1.29 is 9.90 Å². The van der Waals surface area contributed by atoms with Crippen molar-refractivity contribution in [3.8, 4) is 0 Å². The van der Waals surface area contributed by atoms with Gasteiger partial charge in [0, 0.05) is 6.54 Å². The van der Waals surface area contributed by atoms with Gasteiger partial charge in [-0.3, -0.25) is 4.79 Å². The lowest BCUT2D eigenvalue weighted by Crippen LogP contribution is -2.56. The molecule has 2 aliphatic heterocycles. The molecular weight excluding hydrogens is 216 g/mol. The van der Waals surface area contributed by atoms with Gasteiger partial charge in [-0.15, -0.1) is 0 Å². The van der Waals surface area contributed by atoms with E-state index in [-0.39, 0.29) is 24.1 Å². The number of carbonyl (C=O) groups is 1. The number of aliphatic hydroxyl groups excluding tert-OH is 1. The Hall–Kier alpha value is -0.610. The number of nitrogens with zero attached hydrogens (tertiary/aromatic N) is 1.